The lowest BCUT2D eigenvalue weighted by Crippen LogP contribution is -2.55. The van der Waals surface area contributed by atoms with Gasteiger partial charge in [-0.2, -0.15) is 54.8 Å². The molecule has 111 heavy (non-hydrogen) atoms. The van der Waals surface area contributed by atoms with Gasteiger partial charge >= 0.3 is 18.5 Å². The van der Waals surface area contributed by atoms with Gasteiger partial charge in [0.1, 0.15) is 51.2 Å². The van der Waals surface area contributed by atoms with Crippen LogP contribution in [0.15, 0.2) is 183 Å². The molecule has 1 N–H and O–H groups in total. The van der Waals surface area contributed by atoms with Crippen LogP contribution in [0.2, 0.25) is 0 Å². The molecule has 0 bridgehead atoms. The Balaban J connectivity index is 0.000000146. The molecule has 23 nitrogen and oxygen atoms in total. The number of imidazole rings is 4. The van der Waals surface area contributed by atoms with Gasteiger partial charge in [-0.1, -0.05) is 48.5 Å². The number of carbonyl (C=O) groups is 6. The Hall–Kier alpha value is -12.9. The molecule has 0 unspecified atom stereocenters. The Morgan fingerprint density at radius 3 is 1.07 bits per heavy atom. The van der Waals surface area contributed by atoms with Gasteiger partial charge in [0.05, 0.1) is 42.1 Å². The molecule has 3 atom stereocenters. The topological polar surface area (TPSA) is 241 Å². The highest BCUT2D eigenvalue weighted by Crippen LogP contribution is 2.38. The predicted octanol–water partition coefficient (Wildman–Crippen LogP) is 12.3. The van der Waals surface area contributed by atoms with Crippen molar-refractivity contribution in [1.82, 2.24) is 83.2 Å². The molecular weight excluding hydrogens is 1470 g/mol. The molecule has 5 aromatic carbocycles. The average molecular weight is 1540 g/mol. The van der Waals surface area contributed by atoms with Gasteiger partial charge in [-0.15, -0.1) is 0 Å². The minimum atomic E-state index is -4.77. The molecule has 0 saturated carbocycles. The molecule has 12 aromatic rings. The Bertz CT molecular complexity index is 5450. The first-order valence-electron chi connectivity index (χ1n) is 34.4. The summed E-state index contributed by atoms with van der Waals surface area (Å²) in [4.78, 5) is 106. The molecule has 7 aromatic heterocycles. The predicted molar refractivity (Wildman–Crippen MR) is 375 cm³/mol. The lowest BCUT2D eigenvalue weighted by Gasteiger charge is -2.39. The van der Waals surface area contributed by atoms with Crippen molar-refractivity contribution in [2.24, 2.45) is 0 Å². The van der Waals surface area contributed by atoms with Crippen molar-refractivity contribution in [3.63, 3.8) is 0 Å². The van der Waals surface area contributed by atoms with Gasteiger partial charge < -0.3 is 34.4 Å². The van der Waals surface area contributed by atoms with Crippen LogP contribution in [0.25, 0.3) is 50.7 Å². The molecule has 6 amide bonds. The van der Waals surface area contributed by atoms with Gasteiger partial charge in [-0.25, -0.2) is 46.7 Å². The maximum absolute atomic E-state index is 13.9. The molecular formula is C76H63F12N17O6. The summed E-state index contributed by atoms with van der Waals surface area (Å²) in [5.41, 5.74) is -3.17. The van der Waals surface area contributed by atoms with Gasteiger partial charge in [0.25, 0.3) is 29.5 Å². The molecule has 15 rings (SSSR count). The third-order valence-corrected chi connectivity index (χ3v) is 18.8. The number of hydrogen-bond donors (Lipinski definition) is 1. The maximum Gasteiger partial charge on any atom is 0.420 e. The van der Waals surface area contributed by atoms with E-state index in [1.54, 1.807) is 45.9 Å². The number of alkyl halides is 9. The standard InChI is InChI=1S/C27H23F4N5O2.C26H21F4N5O2.C23H19F4N7O2/c1-17-15-34(11-12-35(17)24(37)13-18-5-3-2-4-6-18)26(38)23-16-36-25(32-23)21(27(29,30)31)14-22(33-36)19-7-9-20(28)10-8-19;1-16-14-33(11-12-34(16)24(36)18-5-3-2-4-6-18)25(37)22-15-35-23(31-22)20(26(28,29)30)13-21(32-35)17-7-9-19(27)10-8-17;1-13-11-32(8-9-33(13)22(36)19-28-6-7-29-19)21(35)18-12-34-20(30-18)16(23(25,26)27)10-17(31-34)14-2-4-15(24)5-3-14/h2-10,14,16-17H,11-13,15H2,1H3;2-10,13,15-16H,11-12,14H2,1H3;2-7,10,12-13H,8-9,11H2,1H3,(H,28,29)/t17-;16-;13-/m000/s1. The fourth-order valence-electron chi connectivity index (χ4n) is 13.2. The Labute approximate surface area is 622 Å². The van der Waals surface area contributed by atoms with Gasteiger partial charge in [-0.05, 0) is 129 Å². The normalized spacial score (nSPS) is 16.3. The fraction of sp³-hybridized carbons (Fsp3) is 0.250. The van der Waals surface area contributed by atoms with Crippen molar-refractivity contribution < 1.29 is 81.5 Å². The van der Waals surface area contributed by atoms with Crippen molar-refractivity contribution in [3.8, 4) is 33.8 Å². The number of benzene rings is 5. The summed E-state index contributed by atoms with van der Waals surface area (Å²) in [6.45, 7) is 7.37. The van der Waals surface area contributed by atoms with Gasteiger partial charge in [0, 0.05) is 112 Å². The number of nitrogens with one attached hydrogen (secondary N) is 1. The van der Waals surface area contributed by atoms with E-state index in [1.165, 1.54) is 63.5 Å². The largest absolute Gasteiger partial charge is 0.420 e. The lowest BCUT2D eigenvalue weighted by molar-refractivity contribution is -0.137. The van der Waals surface area contributed by atoms with Crippen LogP contribution in [-0.2, 0) is 29.7 Å². The zero-order valence-electron chi connectivity index (χ0n) is 58.8. The monoisotopic (exact) mass is 1540 g/mol. The van der Waals surface area contributed by atoms with Crippen molar-refractivity contribution in [1.29, 1.82) is 0 Å². The van der Waals surface area contributed by atoms with Crippen LogP contribution in [0.5, 0.6) is 0 Å². The second-order valence-corrected chi connectivity index (χ2v) is 26.4. The van der Waals surface area contributed by atoms with Gasteiger partial charge in [0.15, 0.2) is 22.8 Å². The third-order valence-electron chi connectivity index (χ3n) is 18.8. The number of rotatable bonds is 10. The van der Waals surface area contributed by atoms with Crippen molar-refractivity contribution >= 4 is 52.4 Å². The minimum Gasteiger partial charge on any atom is -0.341 e. The summed E-state index contributed by atoms with van der Waals surface area (Å²) in [5.74, 6) is -3.61. The Kier molecular flexibility index (Phi) is 21.3. The van der Waals surface area contributed by atoms with Crippen LogP contribution in [0.1, 0.15) is 95.5 Å². The molecule has 3 aliphatic rings. The minimum absolute atomic E-state index is 0.0413. The quantitative estimate of drug-likeness (QED) is 0.125. The molecule has 3 aliphatic heterocycles. The van der Waals surface area contributed by atoms with Crippen molar-refractivity contribution in [3.05, 3.63) is 251 Å². The number of hydrogen-bond acceptors (Lipinski definition) is 13. The van der Waals surface area contributed by atoms with Crippen LogP contribution in [0.4, 0.5) is 52.7 Å². The molecule has 0 aliphatic carbocycles. The molecule has 0 spiro atoms. The van der Waals surface area contributed by atoms with E-state index >= 15 is 0 Å². The number of halogens is 12. The number of aromatic amines is 1. The Morgan fingerprint density at radius 2 is 0.748 bits per heavy atom. The fourth-order valence-corrected chi connectivity index (χ4v) is 13.2. The summed E-state index contributed by atoms with van der Waals surface area (Å²) in [5, 5.41) is 12.6. The first-order chi connectivity index (χ1) is 52.8. The first-order valence-corrected chi connectivity index (χ1v) is 34.4. The van der Waals surface area contributed by atoms with Gasteiger partial charge in [0.2, 0.25) is 5.91 Å². The number of amides is 6. The number of H-pyrrole nitrogens is 1. The number of fused-ring (bicyclic) bond motifs is 3. The highest BCUT2D eigenvalue weighted by atomic mass is 19.4. The van der Waals surface area contributed by atoms with E-state index in [0.29, 0.717) is 12.1 Å². The van der Waals surface area contributed by atoms with Crippen LogP contribution in [-0.4, -0.2) is 196 Å². The average Bonchev–Trinajstić information content (AvgIpc) is 1.65. The second kappa shape index (κ2) is 31.0. The van der Waals surface area contributed by atoms with Gasteiger partial charge in [-0.3, -0.25) is 28.8 Å². The highest BCUT2D eigenvalue weighted by Gasteiger charge is 2.41. The van der Waals surface area contributed by atoms with E-state index in [1.807, 2.05) is 50.2 Å². The second-order valence-electron chi connectivity index (χ2n) is 26.4. The first kappa shape index (κ1) is 76.3. The van der Waals surface area contributed by atoms with Crippen molar-refractivity contribution in [2.45, 2.75) is 63.8 Å². The summed E-state index contributed by atoms with van der Waals surface area (Å²) in [7, 11) is 0. The molecule has 0 radical (unpaired) electrons. The van der Waals surface area contributed by atoms with E-state index < -0.39 is 87.3 Å². The summed E-state index contributed by atoms with van der Waals surface area (Å²) >= 11 is 0. The zero-order chi connectivity index (χ0) is 79.0. The Morgan fingerprint density at radius 1 is 0.414 bits per heavy atom. The van der Waals surface area contributed by atoms with E-state index in [9.17, 15) is 81.5 Å². The number of aromatic nitrogens is 11. The smallest absolute Gasteiger partial charge is 0.341 e. The van der Waals surface area contributed by atoms with Crippen LogP contribution >= 0.6 is 0 Å². The van der Waals surface area contributed by atoms with Crippen LogP contribution in [0, 0.1) is 17.5 Å². The molecule has 572 valence electrons. The maximum atomic E-state index is 13.9. The van der Waals surface area contributed by atoms with Crippen LogP contribution in [0.3, 0.4) is 0 Å². The summed E-state index contributed by atoms with van der Waals surface area (Å²) in [6, 6.07) is 34.3. The molecule has 10 heterocycles. The molecule has 35 heteroatoms. The lowest BCUT2D eigenvalue weighted by atomic mass is 10.1. The van der Waals surface area contributed by atoms with E-state index in [-0.39, 0.29) is 151 Å². The highest BCUT2D eigenvalue weighted by molar-refractivity contribution is 5.97. The SMILES string of the molecule is C[C@H]1CN(C(=O)c2cn3nc(-c4ccc(F)cc4)cc(C(F)(F)F)c3n2)CCN1C(=O)Cc1ccccc1.C[C@H]1CN(C(=O)c2cn3nc(-c4ccc(F)cc4)cc(C(F)(F)F)c3n2)CCN1C(=O)c1ccccc1.C[C@H]1CN(C(=O)c2cn3nc(-c4ccc(F)cc4)cc(C(F)(F)F)c3n2)CCN1C(=O)c1ncc[nH]1. The van der Waals surface area contributed by atoms with E-state index in [4.69, 9.17) is 0 Å². The number of carbonyl (C=O) groups excluding carboxylic acids is 6. The van der Waals surface area contributed by atoms with Crippen LogP contribution < -0.4 is 0 Å². The summed E-state index contributed by atoms with van der Waals surface area (Å²) in [6.07, 6.45) is -7.58. The third kappa shape index (κ3) is 16.8. The number of piperazine rings is 3. The molecule has 3 saturated heterocycles. The molecule has 3 fully saturated rings. The van der Waals surface area contributed by atoms with E-state index in [2.05, 4.69) is 40.2 Å². The number of nitrogens with zero attached hydrogens (tertiary/aromatic N) is 16. The van der Waals surface area contributed by atoms with E-state index in [0.717, 1.165) is 92.3 Å². The van der Waals surface area contributed by atoms with Crippen molar-refractivity contribution in [2.75, 3.05) is 58.9 Å². The summed E-state index contributed by atoms with van der Waals surface area (Å²) < 4.78 is 168. The zero-order valence-corrected chi connectivity index (χ0v) is 58.8.